The van der Waals surface area contributed by atoms with Gasteiger partial charge in [0.05, 0.1) is 0 Å². The quantitative estimate of drug-likeness (QED) is 0.384. The van der Waals surface area contributed by atoms with Crippen LogP contribution in [0.15, 0.2) is 10.7 Å². The molecular formula is C3H3Ga. The molecule has 0 unspecified atom stereocenters. The van der Waals surface area contributed by atoms with E-state index in [0.29, 0.717) is 0 Å². The minimum absolute atomic E-state index is 0.188. The molecule has 0 N–H and O–H groups in total. The molecule has 1 rings (SSSR count). The summed E-state index contributed by atoms with van der Waals surface area (Å²) in [7, 11) is 0. The fourth-order valence-electron chi connectivity index (χ4n) is 0.111. The summed E-state index contributed by atoms with van der Waals surface area (Å²) in [5.41, 5.74) is 0. The van der Waals surface area contributed by atoms with Gasteiger partial charge in [0.25, 0.3) is 0 Å². The first kappa shape index (κ1) is 2.48. The topological polar surface area (TPSA) is 0 Å². The Kier molecular flexibility index (Phi) is 0.564. The van der Waals surface area contributed by atoms with E-state index in [1.807, 2.05) is 0 Å². The van der Waals surface area contributed by atoms with Gasteiger partial charge in [-0.15, -0.1) is 0 Å². The van der Waals surface area contributed by atoms with Gasteiger partial charge in [-0.25, -0.2) is 0 Å². The molecule has 18 valence electrons. The molecule has 0 aromatic rings. The van der Waals surface area contributed by atoms with Crippen molar-refractivity contribution in [2.24, 2.45) is 0 Å². The van der Waals surface area contributed by atoms with Crippen LogP contribution in [0.25, 0.3) is 0 Å². The molecule has 4 heavy (non-hydrogen) atoms. The fourth-order valence-corrected chi connectivity index (χ4v) is 0.577. The zero-order valence-corrected chi connectivity index (χ0v) is 4.73. The number of hydrogen-bond donors (Lipinski definition) is 0. The fraction of sp³-hybridized carbons (Fsp3) is 0. The van der Waals surface area contributed by atoms with Gasteiger partial charge in [-0.3, -0.25) is 0 Å². The summed E-state index contributed by atoms with van der Waals surface area (Å²) in [6.45, 7) is 0. The Bertz CT molecular complexity index is 43.7. The second-order valence-corrected chi connectivity index (χ2v) is 3.19. The predicted molar refractivity (Wildman–Crippen MR) is 21.0 cm³/mol. The average Bonchev–Trinajstić information content (AvgIpc) is 0.722. The first-order valence-electron chi connectivity index (χ1n) is 1.33. The first-order valence-corrected chi connectivity index (χ1v) is 4.13. The zero-order chi connectivity index (χ0) is 2.83. The third-order valence-electron chi connectivity index (χ3n) is 0.444. The maximum atomic E-state index is 2.28. The Morgan fingerprint density at radius 2 is 1.75 bits per heavy atom. The molecule has 1 aliphatic heterocycles. The summed E-state index contributed by atoms with van der Waals surface area (Å²) in [6, 6.07) is 0. The third kappa shape index (κ3) is 0.194. The van der Waals surface area contributed by atoms with E-state index < -0.39 is 0 Å². The van der Waals surface area contributed by atoms with Gasteiger partial charge in [-0.2, -0.15) is 0 Å². The van der Waals surface area contributed by atoms with Crippen LogP contribution in [0.4, 0.5) is 0 Å². The molecule has 1 heteroatoms. The van der Waals surface area contributed by atoms with Crippen LogP contribution >= 0.6 is 0 Å². The second-order valence-electron chi connectivity index (χ2n) is 0.770. The molecule has 0 atom stereocenters. The van der Waals surface area contributed by atoms with Crippen molar-refractivity contribution in [1.29, 1.82) is 0 Å². The van der Waals surface area contributed by atoms with Crippen LogP contribution in [0.2, 0.25) is 0 Å². The molecule has 0 nitrogen and oxygen atoms in total. The summed E-state index contributed by atoms with van der Waals surface area (Å²) in [4.78, 5) is 0. The number of allylic oxidation sites excluding steroid dienone is 1. The Hall–Kier alpha value is 0.246. The molecular weight excluding hydrogens is 106 g/mol. The van der Waals surface area contributed by atoms with E-state index in [-0.39, 0.29) is 17.0 Å². The van der Waals surface area contributed by atoms with Gasteiger partial charge in [0.15, 0.2) is 0 Å². The van der Waals surface area contributed by atoms with Crippen molar-refractivity contribution in [3.63, 3.8) is 0 Å². The summed E-state index contributed by atoms with van der Waals surface area (Å²) in [5.74, 6) is 0. The van der Waals surface area contributed by atoms with Crippen LogP contribution in [-0.4, -0.2) is 21.5 Å². The van der Waals surface area contributed by atoms with Crippen molar-refractivity contribution in [2.75, 3.05) is 0 Å². The Morgan fingerprint density at radius 1 is 1.50 bits per heavy atom. The van der Waals surface area contributed by atoms with E-state index in [1.165, 1.54) is 0 Å². The summed E-state index contributed by atoms with van der Waals surface area (Å²) >= 11 is 0.188. The van der Waals surface area contributed by atoms with E-state index in [4.69, 9.17) is 0 Å². The maximum absolute atomic E-state index is 2.28. The monoisotopic (exact) mass is 108 g/mol. The molecule has 0 aromatic heterocycles. The van der Waals surface area contributed by atoms with Crippen molar-refractivity contribution in [2.45, 2.75) is 0 Å². The van der Waals surface area contributed by atoms with E-state index in [1.54, 1.807) is 0 Å². The van der Waals surface area contributed by atoms with Crippen LogP contribution in [0.5, 0.6) is 0 Å². The molecule has 0 aliphatic carbocycles. The molecule has 0 aromatic carbocycles. The van der Waals surface area contributed by atoms with Gasteiger partial charge in [-0.05, 0) is 0 Å². The van der Waals surface area contributed by atoms with Gasteiger partial charge < -0.3 is 0 Å². The molecule has 0 saturated carbocycles. The van der Waals surface area contributed by atoms with Crippen molar-refractivity contribution in [1.82, 2.24) is 0 Å². The van der Waals surface area contributed by atoms with Crippen molar-refractivity contribution < 1.29 is 0 Å². The normalized spacial score (nSPS) is 14.0. The zero-order valence-electron chi connectivity index (χ0n) is 2.31. The SMILES string of the molecule is C1=[CH][Ga]=[CH]1. The van der Waals surface area contributed by atoms with Crippen LogP contribution < -0.4 is 0 Å². The molecule has 1 heterocycles. The van der Waals surface area contributed by atoms with Crippen molar-refractivity contribution >= 4 is 21.5 Å². The average molecular weight is 109 g/mol. The standard InChI is InChI=1S/C3H3.Ga/c1-3-2;/h1-3H;. The van der Waals surface area contributed by atoms with E-state index in [9.17, 15) is 0 Å². The molecule has 0 radical (unpaired) electrons. The number of hydrogen-bond acceptors (Lipinski definition) is 0. The Balaban J connectivity index is 2.67. The van der Waals surface area contributed by atoms with E-state index in [2.05, 4.69) is 15.3 Å². The summed E-state index contributed by atoms with van der Waals surface area (Å²) in [6.07, 6.45) is 2.12. The van der Waals surface area contributed by atoms with Crippen LogP contribution in [0, 0.1) is 0 Å². The third-order valence-corrected chi connectivity index (χ3v) is 2.31. The molecule has 0 spiro atoms. The van der Waals surface area contributed by atoms with Crippen LogP contribution in [0.3, 0.4) is 0 Å². The van der Waals surface area contributed by atoms with Gasteiger partial charge in [0.2, 0.25) is 0 Å². The predicted octanol–water partition coefficient (Wildman–Crippen LogP) is 0.0201. The van der Waals surface area contributed by atoms with Crippen molar-refractivity contribution in [3.05, 3.63) is 10.7 Å². The molecule has 0 bridgehead atoms. The summed E-state index contributed by atoms with van der Waals surface area (Å²) < 4.78 is 4.56. The first-order chi connectivity index (χ1) is 2.00. The minimum atomic E-state index is 0.188. The van der Waals surface area contributed by atoms with Crippen LogP contribution in [-0.2, 0) is 0 Å². The van der Waals surface area contributed by atoms with Crippen LogP contribution in [0.1, 0.15) is 0 Å². The van der Waals surface area contributed by atoms with E-state index in [0.717, 1.165) is 0 Å². The van der Waals surface area contributed by atoms with Gasteiger partial charge in [-0.1, -0.05) is 0 Å². The van der Waals surface area contributed by atoms with Gasteiger partial charge in [0.1, 0.15) is 0 Å². The van der Waals surface area contributed by atoms with Gasteiger partial charge >= 0.3 is 32.2 Å². The Labute approximate surface area is 32.8 Å². The molecule has 1 aliphatic rings. The molecule has 0 fully saturated rings. The molecule has 0 amide bonds. The van der Waals surface area contributed by atoms with Crippen molar-refractivity contribution in [3.8, 4) is 0 Å². The van der Waals surface area contributed by atoms with E-state index >= 15 is 0 Å². The summed E-state index contributed by atoms with van der Waals surface area (Å²) in [5, 5.41) is 0. The van der Waals surface area contributed by atoms with Gasteiger partial charge in [0, 0.05) is 0 Å². The number of rotatable bonds is 0. The molecule has 0 saturated heterocycles. The Morgan fingerprint density at radius 3 is 1.75 bits per heavy atom. The second kappa shape index (κ2) is 0.908.